The zero-order valence-corrected chi connectivity index (χ0v) is 40.7. The second kappa shape index (κ2) is 20.9. The van der Waals surface area contributed by atoms with Gasteiger partial charge in [-0.25, -0.2) is 0 Å². The molecule has 2 aliphatic heterocycles. The van der Waals surface area contributed by atoms with Gasteiger partial charge in [-0.15, -0.1) is 0 Å². The quantitative estimate of drug-likeness (QED) is 0.0763. The van der Waals surface area contributed by atoms with Crippen LogP contribution >= 0.6 is 11.8 Å². The predicted octanol–water partition coefficient (Wildman–Crippen LogP) is 10.2. The Labute approximate surface area is 397 Å². The maximum Gasteiger partial charge on any atom is 0.291 e. The molecule has 4 amide bonds. The van der Waals surface area contributed by atoms with Gasteiger partial charge in [0.15, 0.2) is 0 Å². The second-order valence-electron chi connectivity index (χ2n) is 18.3. The van der Waals surface area contributed by atoms with Gasteiger partial charge >= 0.3 is 0 Å². The molecular formula is C52H60N6O8S. The molecule has 67 heavy (non-hydrogen) atoms. The monoisotopic (exact) mass is 928 g/mol. The number of rotatable bonds is 12. The van der Waals surface area contributed by atoms with E-state index in [1.54, 1.807) is 68.1 Å². The number of hydrogen-bond acceptors (Lipinski definition) is 9. The topological polar surface area (TPSA) is 168 Å². The van der Waals surface area contributed by atoms with Crippen molar-refractivity contribution in [1.82, 2.24) is 19.6 Å². The highest BCUT2D eigenvalue weighted by molar-refractivity contribution is 7.99. The van der Waals surface area contributed by atoms with E-state index in [1.165, 1.54) is 26.0 Å². The molecule has 0 aliphatic carbocycles. The molecule has 15 heteroatoms. The van der Waals surface area contributed by atoms with Crippen LogP contribution in [0.1, 0.15) is 103 Å². The van der Waals surface area contributed by atoms with Crippen molar-refractivity contribution in [1.29, 1.82) is 0 Å². The third kappa shape index (κ3) is 10.7. The normalized spacial score (nSPS) is 18.9. The van der Waals surface area contributed by atoms with Gasteiger partial charge < -0.3 is 19.6 Å². The number of nitro benzene ring substituents is 2. The minimum atomic E-state index is -0.472. The van der Waals surface area contributed by atoms with Gasteiger partial charge in [0.05, 0.1) is 30.8 Å². The lowest BCUT2D eigenvalue weighted by atomic mass is 9.89. The van der Waals surface area contributed by atoms with Crippen LogP contribution in [0.5, 0.6) is 0 Å². The van der Waals surface area contributed by atoms with Crippen LogP contribution in [0.15, 0.2) is 94.7 Å². The van der Waals surface area contributed by atoms with Gasteiger partial charge in [0.1, 0.15) is 0 Å². The first kappa shape index (κ1) is 49.8. The Morgan fingerprint density at radius 1 is 0.567 bits per heavy atom. The van der Waals surface area contributed by atoms with Crippen LogP contribution < -0.4 is 0 Å². The van der Waals surface area contributed by atoms with E-state index in [0.29, 0.717) is 48.4 Å². The van der Waals surface area contributed by atoms with Crippen molar-refractivity contribution in [2.75, 3.05) is 26.2 Å². The zero-order chi connectivity index (χ0) is 49.0. The molecule has 14 nitrogen and oxygen atoms in total. The van der Waals surface area contributed by atoms with Gasteiger partial charge in [0, 0.05) is 76.3 Å². The first-order valence-corrected chi connectivity index (χ1v) is 23.5. The number of benzene rings is 4. The highest BCUT2D eigenvalue weighted by atomic mass is 32.2. The smallest absolute Gasteiger partial charge is 0.291 e. The molecule has 4 aromatic carbocycles. The van der Waals surface area contributed by atoms with Crippen LogP contribution in [0.4, 0.5) is 11.4 Å². The summed E-state index contributed by atoms with van der Waals surface area (Å²) in [5.41, 5.74) is 3.68. The third-order valence-corrected chi connectivity index (χ3v) is 13.7. The predicted molar refractivity (Wildman–Crippen MR) is 263 cm³/mol. The van der Waals surface area contributed by atoms with E-state index in [2.05, 4.69) is 0 Å². The van der Waals surface area contributed by atoms with Gasteiger partial charge in [-0.05, 0) is 97.2 Å². The van der Waals surface area contributed by atoms with Crippen molar-refractivity contribution in [2.24, 2.45) is 0 Å². The van der Waals surface area contributed by atoms with Crippen molar-refractivity contribution >= 4 is 58.9 Å². The summed E-state index contributed by atoms with van der Waals surface area (Å²) >= 11 is 0.915. The van der Waals surface area contributed by atoms with Crippen LogP contribution in [0.3, 0.4) is 0 Å². The lowest BCUT2D eigenvalue weighted by Crippen LogP contribution is -2.59. The van der Waals surface area contributed by atoms with Crippen LogP contribution in [0.2, 0.25) is 0 Å². The molecule has 2 aliphatic rings. The SMILES string of the molecule is CC(=O)N1C(C)CN(C(=O)C=Cc2ccc(Sc3ccc(C=CC(=O)N4CC(C)N(C(C)=O)C(C)C4)c(-c4ccccc4C(C)C)c3[N+](=O)[O-])c([N+](=O)[O-])c2-c2ccccc2C(C)C)CC1C. The highest BCUT2D eigenvalue weighted by Crippen LogP contribution is 2.50. The fourth-order valence-corrected chi connectivity index (χ4v) is 11.0. The molecule has 4 aromatic rings. The zero-order valence-electron chi connectivity index (χ0n) is 39.9. The number of amides is 4. The maximum atomic E-state index is 13.8. The van der Waals surface area contributed by atoms with Gasteiger partial charge in [-0.2, -0.15) is 0 Å². The number of nitro groups is 2. The molecule has 0 saturated carbocycles. The lowest BCUT2D eigenvalue weighted by Gasteiger charge is -2.43. The Morgan fingerprint density at radius 3 is 1.19 bits per heavy atom. The Kier molecular flexibility index (Phi) is 15.6. The molecule has 6 rings (SSSR count). The fraction of sp³-hybridized carbons (Fsp3) is 0.385. The number of carbonyl (C=O) groups excluding carboxylic acids is 4. The van der Waals surface area contributed by atoms with Crippen LogP contribution in [-0.2, 0) is 19.2 Å². The Morgan fingerprint density at radius 2 is 0.896 bits per heavy atom. The number of carbonyl (C=O) groups is 4. The highest BCUT2D eigenvalue weighted by Gasteiger charge is 2.35. The molecule has 0 N–H and O–H groups in total. The Bertz CT molecular complexity index is 2460. The van der Waals surface area contributed by atoms with Crippen molar-refractivity contribution in [3.63, 3.8) is 0 Å². The van der Waals surface area contributed by atoms with Crippen LogP contribution in [-0.4, -0.2) is 103 Å². The van der Waals surface area contributed by atoms with E-state index in [9.17, 15) is 39.4 Å². The van der Waals surface area contributed by atoms with E-state index in [4.69, 9.17) is 0 Å². The average molecular weight is 929 g/mol. The average Bonchev–Trinajstić information content (AvgIpc) is 3.26. The minimum absolute atomic E-state index is 0.0415. The molecular weight excluding hydrogens is 869 g/mol. The van der Waals surface area contributed by atoms with Gasteiger partial charge in [-0.1, -0.05) is 100 Å². The van der Waals surface area contributed by atoms with E-state index in [-0.39, 0.29) is 91.9 Å². The molecule has 2 fully saturated rings. The fourth-order valence-electron chi connectivity index (χ4n) is 9.90. The van der Waals surface area contributed by atoms with Crippen molar-refractivity contribution < 1.29 is 29.0 Å². The van der Waals surface area contributed by atoms with E-state index in [1.807, 2.05) is 91.8 Å². The van der Waals surface area contributed by atoms with Gasteiger partial charge in [0.2, 0.25) is 23.6 Å². The largest absolute Gasteiger partial charge is 0.335 e. The minimum Gasteiger partial charge on any atom is -0.335 e. The molecule has 0 radical (unpaired) electrons. The molecule has 2 heterocycles. The maximum absolute atomic E-state index is 13.8. The van der Waals surface area contributed by atoms with Crippen molar-refractivity contribution in [3.05, 3.63) is 127 Å². The molecule has 352 valence electrons. The van der Waals surface area contributed by atoms with Crippen molar-refractivity contribution in [3.8, 4) is 22.3 Å². The summed E-state index contributed by atoms with van der Waals surface area (Å²) in [7, 11) is 0. The van der Waals surface area contributed by atoms with E-state index < -0.39 is 9.85 Å². The Hall–Kier alpha value is -6.61. The Balaban J connectivity index is 1.49. The molecule has 4 unspecified atom stereocenters. The summed E-state index contributed by atoms with van der Waals surface area (Å²) in [5, 5.41) is 27.0. The molecule has 0 bridgehead atoms. The molecule has 2 saturated heterocycles. The number of nitrogens with zero attached hydrogens (tertiary/aromatic N) is 6. The summed E-state index contributed by atoms with van der Waals surface area (Å²) in [6.07, 6.45) is 5.98. The third-order valence-electron chi connectivity index (χ3n) is 12.6. The first-order valence-electron chi connectivity index (χ1n) is 22.7. The summed E-state index contributed by atoms with van der Waals surface area (Å²) in [6, 6.07) is 20.5. The summed E-state index contributed by atoms with van der Waals surface area (Å²) < 4.78 is 0. The summed E-state index contributed by atoms with van der Waals surface area (Å²) in [4.78, 5) is 85.3. The standard InChI is InChI=1S/C52H60N6O8S/c1-31(2)41-15-11-13-17-43(41)49-39(21-25-47(61)53-27-33(5)55(37(9)59)34(6)28-53)19-23-45(51(49)57(63)64)67-46-24-20-40(22-26-48(62)54-29-35(7)56(38(10)60)36(8)30-54)50(52(46)58(65)66)44-18-14-12-16-42(44)32(3)4/h11-26,31-36H,27-30H2,1-10H3. The van der Waals surface area contributed by atoms with Crippen molar-refractivity contribution in [2.45, 2.75) is 115 Å². The van der Waals surface area contributed by atoms with Gasteiger partial charge in [-0.3, -0.25) is 39.4 Å². The van der Waals surface area contributed by atoms with Crippen LogP contribution in [0, 0.1) is 20.2 Å². The first-order chi connectivity index (χ1) is 31.7. The molecule has 4 atom stereocenters. The number of piperazine rings is 2. The van der Waals surface area contributed by atoms with Gasteiger partial charge in [0.25, 0.3) is 11.4 Å². The molecule has 0 spiro atoms. The summed E-state index contributed by atoms with van der Waals surface area (Å²) in [5.74, 6) is -0.811. The van der Waals surface area contributed by atoms with Crippen LogP contribution in [0.25, 0.3) is 34.4 Å². The van der Waals surface area contributed by atoms with E-state index in [0.717, 1.165) is 22.9 Å². The second-order valence-corrected chi connectivity index (χ2v) is 19.3. The number of hydrogen-bond donors (Lipinski definition) is 0. The molecule has 0 aromatic heterocycles. The lowest BCUT2D eigenvalue weighted by molar-refractivity contribution is -0.387. The van der Waals surface area contributed by atoms with E-state index >= 15 is 0 Å². The summed E-state index contributed by atoms with van der Waals surface area (Å²) in [6.45, 7) is 19.9.